The van der Waals surface area contributed by atoms with E-state index in [0.29, 0.717) is 49.4 Å². The van der Waals surface area contributed by atoms with Crippen LogP contribution in [-0.2, 0) is 4.79 Å². The van der Waals surface area contributed by atoms with Gasteiger partial charge in [0.25, 0.3) is 5.91 Å². The van der Waals surface area contributed by atoms with Crippen LogP contribution in [0.15, 0.2) is 77.8 Å². The van der Waals surface area contributed by atoms with Gasteiger partial charge in [0, 0.05) is 51.6 Å². The van der Waals surface area contributed by atoms with Gasteiger partial charge >= 0.3 is 0 Å². The summed E-state index contributed by atoms with van der Waals surface area (Å²) in [7, 11) is 1.66. The van der Waals surface area contributed by atoms with Crippen LogP contribution in [0.4, 0.5) is 11.4 Å². The lowest BCUT2D eigenvalue weighted by molar-refractivity contribution is -0.119. The molecule has 0 saturated carbocycles. The summed E-state index contributed by atoms with van der Waals surface area (Å²) >= 11 is 18.5. The fourth-order valence-corrected chi connectivity index (χ4v) is 5.46. The Labute approximate surface area is 240 Å². The highest BCUT2D eigenvalue weighted by atomic mass is 35.5. The van der Waals surface area contributed by atoms with Gasteiger partial charge in [-0.2, -0.15) is 0 Å². The van der Waals surface area contributed by atoms with E-state index in [1.807, 2.05) is 30.3 Å². The summed E-state index contributed by atoms with van der Waals surface area (Å²) in [5, 5.41) is 7.27. The lowest BCUT2D eigenvalue weighted by Crippen LogP contribution is -2.47. The number of benzodiazepines with no additional fused rings is 1. The van der Waals surface area contributed by atoms with Crippen molar-refractivity contribution >= 4 is 69.3 Å². The number of nitrogens with one attached hydrogen (secondary N) is 2. The number of carbonyl (C=O) groups excluding carboxylic acids is 2. The Morgan fingerprint density at radius 3 is 2.46 bits per heavy atom. The Morgan fingerprint density at radius 2 is 1.67 bits per heavy atom. The van der Waals surface area contributed by atoms with Crippen LogP contribution in [0.3, 0.4) is 0 Å². The van der Waals surface area contributed by atoms with Gasteiger partial charge in [0.05, 0.1) is 16.4 Å². The predicted octanol–water partition coefficient (Wildman–Crippen LogP) is 5.93. The molecule has 0 bridgehead atoms. The van der Waals surface area contributed by atoms with Crippen LogP contribution in [0.1, 0.15) is 27.0 Å². The molecule has 4 aromatic rings. The van der Waals surface area contributed by atoms with Crippen LogP contribution >= 0.6 is 35.4 Å². The number of carbonyl (C=O) groups is 2. The summed E-state index contributed by atoms with van der Waals surface area (Å²) in [6, 6.07) is 27.1. The number of hydrogen-bond donors (Lipinski definition) is 2. The summed E-state index contributed by atoms with van der Waals surface area (Å²) in [6.45, 7) is 0. The van der Waals surface area contributed by atoms with Crippen LogP contribution in [0, 0.1) is 12.1 Å². The molecule has 6 rings (SSSR count). The van der Waals surface area contributed by atoms with Gasteiger partial charge in [-0.05, 0) is 48.1 Å². The Hall–Kier alpha value is -4.22. The van der Waals surface area contributed by atoms with Gasteiger partial charge in [-0.3, -0.25) is 9.59 Å². The molecule has 1 aliphatic heterocycles. The maximum atomic E-state index is 13.6. The van der Waals surface area contributed by atoms with Crippen LogP contribution in [0.25, 0.3) is 11.1 Å². The molecule has 9 heteroatoms. The number of halogens is 2. The van der Waals surface area contributed by atoms with Crippen molar-refractivity contribution in [2.45, 2.75) is 6.17 Å². The summed E-state index contributed by atoms with van der Waals surface area (Å²) in [5.41, 5.74) is 5.76. The van der Waals surface area contributed by atoms with Gasteiger partial charge < -0.3 is 15.5 Å². The number of anilines is 2. The van der Waals surface area contributed by atoms with Gasteiger partial charge in [0.1, 0.15) is 0 Å². The van der Waals surface area contributed by atoms with E-state index in [4.69, 9.17) is 40.4 Å². The summed E-state index contributed by atoms with van der Waals surface area (Å²) < 4.78 is 0. The SMILES string of the molecule is CN1C(=O)[C@H](NC(=S)Nc2cccc3c2-c2ccccc2C3=O)N=C(c2cc#ccc2Cl)c2cc(Cl)ccc21. The summed E-state index contributed by atoms with van der Waals surface area (Å²) in [4.78, 5) is 32.8. The summed E-state index contributed by atoms with van der Waals surface area (Å²) in [5.74, 6) is -0.373. The normalized spacial score (nSPS) is 15.4. The number of nitrogens with zero attached hydrogens (tertiary/aromatic N) is 2. The molecule has 1 heterocycles. The molecule has 1 aliphatic carbocycles. The molecule has 2 aliphatic rings. The predicted molar refractivity (Wildman–Crippen MR) is 158 cm³/mol. The maximum Gasteiger partial charge on any atom is 0.272 e. The Bertz CT molecular complexity index is 1740. The van der Waals surface area contributed by atoms with E-state index in [1.54, 1.807) is 49.5 Å². The van der Waals surface area contributed by atoms with Crippen LogP contribution in [0.2, 0.25) is 10.0 Å². The lowest BCUT2D eigenvalue weighted by Gasteiger charge is -2.22. The van der Waals surface area contributed by atoms with Gasteiger partial charge in [0.2, 0.25) is 6.17 Å². The molecule has 0 spiro atoms. The van der Waals surface area contributed by atoms with E-state index in [9.17, 15) is 9.59 Å². The molecular formula is C30H18Cl2N4O2S. The Balaban J connectivity index is 1.37. The Kier molecular flexibility index (Phi) is 6.32. The molecular weight excluding hydrogens is 551 g/mol. The molecule has 190 valence electrons. The zero-order valence-electron chi connectivity index (χ0n) is 20.4. The molecule has 0 saturated heterocycles. The number of fused-ring (bicyclic) bond motifs is 4. The fraction of sp³-hybridized carbons (Fsp3) is 0.0667. The third-order valence-corrected chi connectivity index (χ3v) is 7.44. The lowest BCUT2D eigenvalue weighted by atomic mass is 10.0. The highest BCUT2D eigenvalue weighted by Crippen LogP contribution is 2.41. The number of amides is 1. The van der Waals surface area contributed by atoms with Gasteiger partial charge in [-0.15, -0.1) is 0 Å². The maximum absolute atomic E-state index is 13.6. The van der Waals surface area contributed by atoms with Crippen LogP contribution in [0.5, 0.6) is 0 Å². The highest BCUT2D eigenvalue weighted by molar-refractivity contribution is 7.80. The minimum absolute atomic E-state index is 0.0387. The van der Waals surface area contributed by atoms with Crippen molar-refractivity contribution in [3.8, 4) is 11.1 Å². The largest absolute Gasteiger partial charge is 0.333 e. The zero-order valence-corrected chi connectivity index (χ0v) is 22.7. The third kappa shape index (κ3) is 4.33. The number of rotatable bonds is 3. The van der Waals surface area contributed by atoms with Crippen molar-refractivity contribution in [1.29, 1.82) is 0 Å². The second kappa shape index (κ2) is 9.83. The molecule has 0 unspecified atom stereocenters. The monoisotopic (exact) mass is 568 g/mol. The quantitative estimate of drug-likeness (QED) is 0.264. The average Bonchev–Trinajstić information content (AvgIpc) is 3.18. The van der Waals surface area contributed by atoms with E-state index >= 15 is 0 Å². The molecule has 0 fully saturated rings. The topological polar surface area (TPSA) is 73.8 Å². The van der Waals surface area contributed by atoms with Crippen LogP contribution < -0.4 is 15.5 Å². The van der Waals surface area contributed by atoms with E-state index in [2.05, 4.69) is 22.8 Å². The minimum atomic E-state index is -1.08. The van der Waals surface area contributed by atoms with Crippen molar-refractivity contribution in [3.05, 3.63) is 117 Å². The van der Waals surface area contributed by atoms with Gasteiger partial charge in [0.15, 0.2) is 10.9 Å². The third-order valence-electron chi connectivity index (χ3n) is 6.68. The molecule has 6 nitrogen and oxygen atoms in total. The average molecular weight is 569 g/mol. The number of ketones is 1. The number of benzene rings is 3. The number of aliphatic imine (C=N–C) groups is 1. The second-order valence-corrected chi connectivity index (χ2v) is 10.2. The first-order chi connectivity index (χ1) is 18.8. The number of hydrogen-bond acceptors (Lipinski definition) is 4. The smallest absolute Gasteiger partial charge is 0.272 e. The van der Waals surface area contributed by atoms with E-state index in [1.165, 1.54) is 4.90 Å². The van der Waals surface area contributed by atoms with Crippen molar-refractivity contribution in [3.63, 3.8) is 0 Å². The Morgan fingerprint density at radius 1 is 0.923 bits per heavy atom. The number of thiocarbonyl (C=S) groups is 1. The van der Waals surface area contributed by atoms with Gasteiger partial charge in [-0.25, -0.2) is 4.99 Å². The number of likely N-dealkylation sites (N-methyl/N-ethyl adjacent to an activating group) is 1. The first kappa shape index (κ1) is 25.1. The van der Waals surface area contributed by atoms with Crippen molar-refractivity contribution in [1.82, 2.24) is 5.32 Å². The van der Waals surface area contributed by atoms with E-state index < -0.39 is 6.17 Å². The van der Waals surface area contributed by atoms with Crippen molar-refractivity contribution in [2.75, 3.05) is 17.3 Å². The molecule has 0 aromatic heterocycles. The van der Waals surface area contributed by atoms with E-state index in [-0.39, 0.29) is 16.8 Å². The molecule has 1 atom stereocenters. The zero-order chi connectivity index (χ0) is 27.3. The van der Waals surface area contributed by atoms with Gasteiger partial charge in [-0.1, -0.05) is 71.7 Å². The minimum Gasteiger partial charge on any atom is -0.333 e. The fourth-order valence-electron chi connectivity index (χ4n) is 4.86. The molecule has 2 N–H and O–H groups in total. The van der Waals surface area contributed by atoms with E-state index in [0.717, 1.165) is 11.1 Å². The first-order valence-corrected chi connectivity index (χ1v) is 13.1. The molecule has 4 aromatic carbocycles. The highest BCUT2D eigenvalue weighted by Gasteiger charge is 2.32. The van der Waals surface area contributed by atoms with Crippen molar-refractivity contribution < 1.29 is 9.59 Å². The molecule has 39 heavy (non-hydrogen) atoms. The second-order valence-electron chi connectivity index (χ2n) is 8.98. The standard InChI is InChI=1S/C30H18Cl2N4O2S/c1-36-24-14-13-16(31)15-21(24)26(19-9-4-5-11-22(19)32)34-28(29(36)38)35-30(39)33-23-12-6-10-20-25(23)17-7-2-3-8-18(17)27(20)37/h2-3,6-15,28H,1H3,(H2,33,35,39)/t28-/m0/s1. The van der Waals surface area contributed by atoms with Crippen LogP contribution in [-0.4, -0.2) is 35.7 Å². The molecule has 1 amide bonds. The molecule has 0 radical (unpaired) electrons. The summed E-state index contributed by atoms with van der Waals surface area (Å²) in [6.07, 6.45) is -1.08. The first-order valence-electron chi connectivity index (χ1n) is 11.9. The van der Waals surface area contributed by atoms with Crippen molar-refractivity contribution in [2.24, 2.45) is 4.99 Å².